The SMILES string of the molecule is Cc1cc(C(=O)N(c2ccc(CN)cc2)C2CC2)ccn1. The molecule has 1 fully saturated rings. The second-order valence-corrected chi connectivity index (χ2v) is 5.46. The molecule has 0 spiro atoms. The number of anilines is 1. The Morgan fingerprint density at radius 3 is 2.57 bits per heavy atom. The van der Waals surface area contributed by atoms with Gasteiger partial charge in [-0.05, 0) is 49.6 Å². The molecule has 0 aliphatic heterocycles. The first-order valence-electron chi connectivity index (χ1n) is 7.24. The molecular weight excluding hydrogens is 262 g/mol. The standard InChI is InChI=1S/C17H19N3O/c1-12-10-14(8-9-19-12)17(21)20(16-6-7-16)15-4-2-13(11-18)3-5-15/h2-5,8-10,16H,6-7,11,18H2,1H3. The van der Waals surface area contributed by atoms with Crippen LogP contribution in [0, 0.1) is 6.92 Å². The van der Waals surface area contributed by atoms with E-state index in [0.717, 1.165) is 29.8 Å². The minimum atomic E-state index is 0.0449. The fourth-order valence-electron chi connectivity index (χ4n) is 2.44. The van der Waals surface area contributed by atoms with Gasteiger partial charge in [-0.1, -0.05) is 12.1 Å². The monoisotopic (exact) mass is 281 g/mol. The molecular formula is C17H19N3O. The molecule has 2 N–H and O–H groups in total. The van der Waals surface area contributed by atoms with E-state index in [1.165, 1.54) is 0 Å². The van der Waals surface area contributed by atoms with Crippen LogP contribution in [0.5, 0.6) is 0 Å². The van der Waals surface area contributed by atoms with Crippen molar-refractivity contribution in [2.75, 3.05) is 4.90 Å². The third-order valence-corrected chi connectivity index (χ3v) is 3.72. The smallest absolute Gasteiger partial charge is 0.258 e. The maximum Gasteiger partial charge on any atom is 0.258 e. The van der Waals surface area contributed by atoms with Crippen molar-refractivity contribution in [3.05, 3.63) is 59.4 Å². The molecule has 0 unspecified atom stereocenters. The minimum Gasteiger partial charge on any atom is -0.326 e. The van der Waals surface area contributed by atoms with E-state index in [-0.39, 0.29) is 5.91 Å². The third kappa shape index (κ3) is 2.95. The summed E-state index contributed by atoms with van der Waals surface area (Å²) in [5, 5.41) is 0. The number of carbonyl (C=O) groups is 1. The highest BCUT2D eigenvalue weighted by Crippen LogP contribution is 2.33. The molecule has 4 nitrogen and oxygen atoms in total. The summed E-state index contributed by atoms with van der Waals surface area (Å²) in [6, 6.07) is 11.9. The summed E-state index contributed by atoms with van der Waals surface area (Å²) < 4.78 is 0. The van der Waals surface area contributed by atoms with Gasteiger partial charge in [0.05, 0.1) is 0 Å². The summed E-state index contributed by atoms with van der Waals surface area (Å²) in [6.07, 6.45) is 3.81. The number of carbonyl (C=O) groups excluding carboxylic acids is 1. The van der Waals surface area contributed by atoms with Crippen LogP contribution in [0.3, 0.4) is 0 Å². The first kappa shape index (κ1) is 13.8. The molecule has 1 heterocycles. The number of hydrogen-bond donors (Lipinski definition) is 1. The van der Waals surface area contributed by atoms with E-state index in [4.69, 9.17) is 5.73 Å². The highest BCUT2D eigenvalue weighted by atomic mass is 16.2. The first-order chi connectivity index (χ1) is 10.2. The minimum absolute atomic E-state index is 0.0449. The average molecular weight is 281 g/mol. The highest BCUT2D eigenvalue weighted by Gasteiger charge is 2.34. The van der Waals surface area contributed by atoms with Crippen molar-refractivity contribution in [2.24, 2.45) is 5.73 Å². The number of amides is 1. The van der Waals surface area contributed by atoms with Gasteiger partial charge < -0.3 is 10.6 Å². The topological polar surface area (TPSA) is 59.2 Å². The van der Waals surface area contributed by atoms with E-state index in [0.29, 0.717) is 18.2 Å². The Balaban J connectivity index is 1.92. The molecule has 1 saturated carbocycles. The van der Waals surface area contributed by atoms with Gasteiger partial charge in [-0.3, -0.25) is 9.78 Å². The van der Waals surface area contributed by atoms with E-state index in [1.54, 1.807) is 12.3 Å². The van der Waals surface area contributed by atoms with E-state index in [2.05, 4.69) is 4.98 Å². The molecule has 1 aromatic heterocycles. The molecule has 1 amide bonds. The molecule has 0 bridgehead atoms. The molecule has 108 valence electrons. The van der Waals surface area contributed by atoms with Crippen LogP contribution in [-0.4, -0.2) is 16.9 Å². The molecule has 0 atom stereocenters. The molecule has 1 aromatic carbocycles. The third-order valence-electron chi connectivity index (χ3n) is 3.72. The highest BCUT2D eigenvalue weighted by molar-refractivity contribution is 6.06. The second-order valence-electron chi connectivity index (χ2n) is 5.46. The molecule has 3 rings (SSSR count). The van der Waals surface area contributed by atoms with E-state index in [1.807, 2.05) is 42.2 Å². The maximum atomic E-state index is 12.8. The molecule has 21 heavy (non-hydrogen) atoms. The van der Waals surface area contributed by atoms with Gasteiger partial charge in [0.1, 0.15) is 0 Å². The van der Waals surface area contributed by atoms with Crippen LogP contribution >= 0.6 is 0 Å². The molecule has 2 aromatic rings. The lowest BCUT2D eigenvalue weighted by Crippen LogP contribution is -2.33. The Hall–Kier alpha value is -2.20. The number of pyridine rings is 1. The van der Waals surface area contributed by atoms with Crippen LogP contribution < -0.4 is 10.6 Å². The number of nitrogens with zero attached hydrogens (tertiary/aromatic N) is 2. The number of hydrogen-bond acceptors (Lipinski definition) is 3. The maximum absolute atomic E-state index is 12.8. The van der Waals surface area contributed by atoms with Gasteiger partial charge in [-0.25, -0.2) is 0 Å². The fourth-order valence-corrected chi connectivity index (χ4v) is 2.44. The van der Waals surface area contributed by atoms with Crippen LogP contribution in [0.15, 0.2) is 42.6 Å². The van der Waals surface area contributed by atoms with Gasteiger partial charge >= 0.3 is 0 Å². The molecule has 0 saturated heterocycles. The van der Waals surface area contributed by atoms with Gasteiger partial charge in [0.25, 0.3) is 5.91 Å². The van der Waals surface area contributed by atoms with Crippen molar-refractivity contribution < 1.29 is 4.79 Å². The number of rotatable bonds is 4. The summed E-state index contributed by atoms with van der Waals surface area (Å²) >= 11 is 0. The van der Waals surface area contributed by atoms with Crippen LogP contribution in [0.1, 0.15) is 34.5 Å². The van der Waals surface area contributed by atoms with Crippen LogP contribution in [-0.2, 0) is 6.54 Å². The van der Waals surface area contributed by atoms with Crippen molar-refractivity contribution in [3.63, 3.8) is 0 Å². The zero-order chi connectivity index (χ0) is 14.8. The van der Waals surface area contributed by atoms with E-state index in [9.17, 15) is 4.79 Å². The lowest BCUT2D eigenvalue weighted by atomic mass is 10.1. The van der Waals surface area contributed by atoms with Crippen molar-refractivity contribution in [1.29, 1.82) is 0 Å². The van der Waals surface area contributed by atoms with Gasteiger partial charge in [-0.15, -0.1) is 0 Å². The Kier molecular flexibility index (Phi) is 3.71. The quantitative estimate of drug-likeness (QED) is 0.937. The Bertz CT molecular complexity index is 647. The van der Waals surface area contributed by atoms with Gasteiger partial charge in [0.2, 0.25) is 0 Å². The zero-order valence-electron chi connectivity index (χ0n) is 12.1. The summed E-state index contributed by atoms with van der Waals surface area (Å²) in [4.78, 5) is 18.9. The van der Waals surface area contributed by atoms with Gasteiger partial charge in [-0.2, -0.15) is 0 Å². The predicted octanol–water partition coefficient (Wildman–Crippen LogP) is 2.66. The van der Waals surface area contributed by atoms with E-state index < -0.39 is 0 Å². The lowest BCUT2D eigenvalue weighted by molar-refractivity contribution is 0.0985. The first-order valence-corrected chi connectivity index (χ1v) is 7.24. The fraction of sp³-hybridized carbons (Fsp3) is 0.294. The predicted molar refractivity (Wildman–Crippen MR) is 83.1 cm³/mol. The van der Waals surface area contributed by atoms with Crippen molar-refractivity contribution in [1.82, 2.24) is 4.98 Å². The number of benzene rings is 1. The number of nitrogens with two attached hydrogens (primary N) is 1. The van der Waals surface area contributed by atoms with Crippen molar-refractivity contribution in [2.45, 2.75) is 32.4 Å². The summed E-state index contributed by atoms with van der Waals surface area (Å²) in [5.41, 5.74) is 9.19. The van der Waals surface area contributed by atoms with E-state index >= 15 is 0 Å². The summed E-state index contributed by atoms with van der Waals surface area (Å²) in [7, 11) is 0. The van der Waals surface area contributed by atoms with Gasteiger partial charge in [0, 0.05) is 35.7 Å². The van der Waals surface area contributed by atoms with Crippen molar-refractivity contribution >= 4 is 11.6 Å². The lowest BCUT2D eigenvalue weighted by Gasteiger charge is -2.23. The van der Waals surface area contributed by atoms with Crippen LogP contribution in [0.2, 0.25) is 0 Å². The Morgan fingerprint density at radius 2 is 2.00 bits per heavy atom. The normalized spacial score (nSPS) is 14.0. The van der Waals surface area contributed by atoms with Crippen LogP contribution in [0.4, 0.5) is 5.69 Å². The van der Waals surface area contributed by atoms with Gasteiger partial charge in [0.15, 0.2) is 0 Å². The summed E-state index contributed by atoms with van der Waals surface area (Å²) in [5.74, 6) is 0.0449. The van der Waals surface area contributed by atoms with Crippen LogP contribution in [0.25, 0.3) is 0 Å². The molecule has 4 heteroatoms. The molecule has 0 radical (unpaired) electrons. The van der Waals surface area contributed by atoms with Crippen molar-refractivity contribution in [3.8, 4) is 0 Å². The number of aryl methyl sites for hydroxylation is 1. The summed E-state index contributed by atoms with van der Waals surface area (Å²) in [6.45, 7) is 2.41. The number of aromatic nitrogens is 1. The zero-order valence-corrected chi connectivity index (χ0v) is 12.1. The molecule has 1 aliphatic carbocycles. The average Bonchev–Trinajstić information content (AvgIpc) is 3.33. The molecule has 1 aliphatic rings. The largest absolute Gasteiger partial charge is 0.326 e. The Labute approximate surface area is 124 Å². The Morgan fingerprint density at radius 1 is 1.29 bits per heavy atom. The second kappa shape index (κ2) is 5.66.